The number of hydrogen-bond donors (Lipinski definition) is 0. The lowest BCUT2D eigenvalue weighted by Gasteiger charge is -2.21. The van der Waals surface area contributed by atoms with Crippen LogP contribution in [0.4, 0.5) is 10.2 Å². The molecule has 8 nitrogen and oxygen atoms in total. The van der Waals surface area contributed by atoms with E-state index in [0.717, 1.165) is 12.1 Å². The van der Waals surface area contributed by atoms with Gasteiger partial charge in [-0.3, -0.25) is 4.79 Å². The molecule has 0 unspecified atom stereocenters. The summed E-state index contributed by atoms with van der Waals surface area (Å²) in [6.45, 7) is 1.12. The second-order valence-electron chi connectivity index (χ2n) is 6.67. The van der Waals surface area contributed by atoms with Crippen LogP contribution in [0.25, 0.3) is 0 Å². The molecule has 0 atom stereocenters. The van der Waals surface area contributed by atoms with Crippen LogP contribution in [0.2, 0.25) is 0 Å². The molecule has 0 radical (unpaired) electrons. The largest absolute Gasteiger partial charge is 0.361 e. The zero-order valence-corrected chi connectivity index (χ0v) is 16.6. The third-order valence-corrected chi connectivity index (χ3v) is 6.43. The second kappa shape index (κ2) is 8.19. The minimum Gasteiger partial charge on any atom is -0.361 e. The number of anilines is 1. The normalized spacial score (nSPS) is 15.9. The summed E-state index contributed by atoms with van der Waals surface area (Å²) in [4.78, 5) is 16.1. The van der Waals surface area contributed by atoms with Crippen LogP contribution in [0, 0.1) is 5.82 Å². The van der Waals surface area contributed by atoms with Crippen molar-refractivity contribution in [2.45, 2.75) is 11.3 Å². The molecule has 28 heavy (non-hydrogen) atoms. The SMILES string of the molecule is CN(C)c1ccc(C(=O)N2CCCN(S(=O)(=O)c3ccc(F)cc3)CC2)nn1. The molecule has 1 aliphatic rings. The van der Waals surface area contributed by atoms with Crippen LogP contribution in [0.3, 0.4) is 0 Å². The molecule has 2 heterocycles. The van der Waals surface area contributed by atoms with Gasteiger partial charge < -0.3 is 9.80 Å². The molecular weight excluding hydrogens is 385 g/mol. The van der Waals surface area contributed by atoms with E-state index in [1.54, 1.807) is 21.9 Å². The number of halogens is 1. The highest BCUT2D eigenvalue weighted by Crippen LogP contribution is 2.19. The zero-order chi connectivity index (χ0) is 20.3. The van der Waals surface area contributed by atoms with E-state index in [0.29, 0.717) is 18.8 Å². The zero-order valence-electron chi connectivity index (χ0n) is 15.7. The molecule has 0 aliphatic carbocycles. The standard InChI is InChI=1S/C18H22FN5O3S/c1-22(2)17-9-8-16(20-21-17)18(25)23-10-3-11-24(13-12-23)28(26,27)15-6-4-14(19)5-7-15/h4-9H,3,10-13H2,1-2H3. The minimum atomic E-state index is -3.74. The Kier molecular flexibility index (Phi) is 5.90. The highest BCUT2D eigenvalue weighted by atomic mass is 32.2. The van der Waals surface area contributed by atoms with E-state index in [-0.39, 0.29) is 36.1 Å². The number of rotatable bonds is 4. The lowest BCUT2D eigenvalue weighted by molar-refractivity contribution is 0.0757. The van der Waals surface area contributed by atoms with Crippen LogP contribution >= 0.6 is 0 Å². The van der Waals surface area contributed by atoms with Gasteiger partial charge in [-0.05, 0) is 42.8 Å². The molecule has 10 heteroatoms. The van der Waals surface area contributed by atoms with E-state index >= 15 is 0 Å². The van der Waals surface area contributed by atoms with Gasteiger partial charge in [-0.25, -0.2) is 12.8 Å². The molecule has 0 spiro atoms. The van der Waals surface area contributed by atoms with Gasteiger partial charge in [-0.2, -0.15) is 4.31 Å². The van der Waals surface area contributed by atoms with Gasteiger partial charge in [0.25, 0.3) is 5.91 Å². The van der Waals surface area contributed by atoms with Crippen molar-refractivity contribution in [2.75, 3.05) is 45.2 Å². The minimum absolute atomic E-state index is 0.0406. The van der Waals surface area contributed by atoms with Crippen molar-refractivity contribution in [3.05, 3.63) is 47.9 Å². The predicted molar refractivity (Wildman–Crippen MR) is 102 cm³/mol. The van der Waals surface area contributed by atoms with E-state index in [2.05, 4.69) is 10.2 Å². The average Bonchev–Trinajstić information content (AvgIpc) is 2.94. The first-order chi connectivity index (χ1) is 13.3. The Morgan fingerprint density at radius 1 is 1.00 bits per heavy atom. The van der Waals surface area contributed by atoms with Gasteiger partial charge in [0.15, 0.2) is 11.5 Å². The predicted octanol–water partition coefficient (Wildman–Crippen LogP) is 1.22. The molecule has 0 saturated carbocycles. The number of aromatic nitrogens is 2. The lowest BCUT2D eigenvalue weighted by Crippen LogP contribution is -2.37. The maximum atomic E-state index is 13.1. The number of sulfonamides is 1. The number of amides is 1. The first-order valence-electron chi connectivity index (χ1n) is 8.85. The summed E-state index contributed by atoms with van der Waals surface area (Å²) in [5, 5.41) is 7.99. The van der Waals surface area contributed by atoms with E-state index in [4.69, 9.17) is 0 Å². The van der Waals surface area contributed by atoms with Gasteiger partial charge in [-0.15, -0.1) is 10.2 Å². The molecule has 2 aromatic rings. The molecule has 0 N–H and O–H groups in total. The lowest BCUT2D eigenvalue weighted by atomic mass is 10.3. The van der Waals surface area contributed by atoms with Gasteiger partial charge in [-0.1, -0.05) is 0 Å². The van der Waals surface area contributed by atoms with E-state index in [9.17, 15) is 17.6 Å². The van der Waals surface area contributed by atoms with Crippen LogP contribution in [0.1, 0.15) is 16.9 Å². The van der Waals surface area contributed by atoms with E-state index < -0.39 is 15.8 Å². The van der Waals surface area contributed by atoms with Gasteiger partial charge in [0.1, 0.15) is 5.82 Å². The maximum absolute atomic E-state index is 13.1. The van der Waals surface area contributed by atoms with Gasteiger partial charge in [0.2, 0.25) is 10.0 Å². The summed E-state index contributed by atoms with van der Waals surface area (Å²) in [6.07, 6.45) is 0.495. The Morgan fingerprint density at radius 3 is 2.32 bits per heavy atom. The molecular formula is C18H22FN5O3S. The van der Waals surface area contributed by atoms with Crippen LogP contribution in [-0.4, -0.2) is 74.0 Å². The monoisotopic (exact) mass is 407 g/mol. The fourth-order valence-electron chi connectivity index (χ4n) is 2.93. The van der Waals surface area contributed by atoms with Crippen molar-refractivity contribution in [1.29, 1.82) is 0 Å². The van der Waals surface area contributed by atoms with Crippen LogP contribution in [0.15, 0.2) is 41.3 Å². The molecule has 1 aliphatic heterocycles. The fraction of sp³-hybridized carbons (Fsp3) is 0.389. The molecule has 1 aromatic carbocycles. The Bertz CT molecular complexity index is 933. The summed E-state index contributed by atoms with van der Waals surface area (Å²) >= 11 is 0. The van der Waals surface area contributed by atoms with Crippen LogP contribution in [-0.2, 0) is 10.0 Å². The van der Waals surface area contributed by atoms with Crippen LogP contribution in [0.5, 0.6) is 0 Å². The second-order valence-corrected chi connectivity index (χ2v) is 8.61. The molecule has 3 rings (SSSR count). The number of carbonyl (C=O) groups excluding carboxylic acids is 1. The fourth-order valence-corrected chi connectivity index (χ4v) is 4.40. The number of benzene rings is 1. The molecule has 1 aromatic heterocycles. The van der Waals surface area contributed by atoms with Gasteiger partial charge in [0.05, 0.1) is 4.90 Å². The van der Waals surface area contributed by atoms with Crippen molar-refractivity contribution < 1.29 is 17.6 Å². The van der Waals surface area contributed by atoms with E-state index in [1.165, 1.54) is 16.4 Å². The molecule has 1 fully saturated rings. The molecule has 1 amide bonds. The third kappa shape index (κ3) is 4.28. The van der Waals surface area contributed by atoms with E-state index in [1.807, 2.05) is 14.1 Å². The van der Waals surface area contributed by atoms with Crippen molar-refractivity contribution in [3.63, 3.8) is 0 Å². The van der Waals surface area contributed by atoms with Gasteiger partial charge in [0, 0.05) is 40.3 Å². The van der Waals surface area contributed by atoms with Crippen LogP contribution < -0.4 is 4.90 Å². The van der Waals surface area contributed by atoms with Crippen molar-refractivity contribution in [1.82, 2.24) is 19.4 Å². The summed E-state index contributed by atoms with van der Waals surface area (Å²) in [6, 6.07) is 8.07. The average molecular weight is 407 g/mol. The maximum Gasteiger partial charge on any atom is 0.274 e. The Labute approximate surface area is 163 Å². The summed E-state index contributed by atoms with van der Waals surface area (Å²) in [5.41, 5.74) is 0.223. The number of carbonyl (C=O) groups is 1. The first kappa shape index (κ1) is 20.2. The summed E-state index contributed by atoms with van der Waals surface area (Å²) < 4.78 is 40.0. The Hall–Kier alpha value is -2.59. The quantitative estimate of drug-likeness (QED) is 0.758. The Morgan fingerprint density at radius 2 is 1.71 bits per heavy atom. The molecule has 0 bridgehead atoms. The number of hydrogen-bond acceptors (Lipinski definition) is 6. The molecule has 150 valence electrons. The van der Waals surface area contributed by atoms with Crippen molar-refractivity contribution >= 4 is 21.7 Å². The van der Waals surface area contributed by atoms with Crippen molar-refractivity contribution in [3.8, 4) is 0 Å². The molecule has 1 saturated heterocycles. The van der Waals surface area contributed by atoms with Crippen molar-refractivity contribution in [2.24, 2.45) is 0 Å². The smallest absolute Gasteiger partial charge is 0.274 e. The topological polar surface area (TPSA) is 86.7 Å². The highest BCUT2D eigenvalue weighted by molar-refractivity contribution is 7.89. The highest BCUT2D eigenvalue weighted by Gasteiger charge is 2.29. The van der Waals surface area contributed by atoms with Gasteiger partial charge >= 0.3 is 0 Å². The third-order valence-electron chi connectivity index (χ3n) is 4.52. The Balaban J connectivity index is 1.70. The summed E-state index contributed by atoms with van der Waals surface area (Å²) in [7, 11) is -0.0762. The first-order valence-corrected chi connectivity index (χ1v) is 10.3. The number of nitrogens with zero attached hydrogens (tertiary/aromatic N) is 5. The summed E-state index contributed by atoms with van der Waals surface area (Å²) in [5.74, 6) is -0.129.